The van der Waals surface area contributed by atoms with E-state index < -0.39 is 45.1 Å². The van der Waals surface area contributed by atoms with Gasteiger partial charge < -0.3 is 19.9 Å². The number of allylic oxidation sites excluding steroid dienone is 1. The molecule has 1 heterocycles. The molecular formula is C17H28NO9PS. The average Bonchev–Trinajstić information content (AvgIpc) is 2.71. The summed E-state index contributed by atoms with van der Waals surface area (Å²) in [6, 6.07) is -1.00. The quantitative estimate of drug-likeness (QED) is 0.241. The average molecular weight is 453 g/mol. The van der Waals surface area contributed by atoms with Gasteiger partial charge in [-0.25, -0.2) is 4.79 Å². The van der Waals surface area contributed by atoms with Gasteiger partial charge in [-0.2, -0.15) is 0 Å². The van der Waals surface area contributed by atoms with E-state index in [0.29, 0.717) is 11.3 Å². The molecule has 1 atom stereocenters. The molecule has 0 bridgehead atoms. The van der Waals surface area contributed by atoms with Crippen LogP contribution in [0.2, 0.25) is 0 Å². The van der Waals surface area contributed by atoms with E-state index in [9.17, 15) is 24.1 Å². The molecule has 0 aromatic carbocycles. The highest BCUT2D eigenvalue weighted by Gasteiger charge is 2.40. The van der Waals surface area contributed by atoms with Crippen LogP contribution in [0.25, 0.3) is 0 Å². The Morgan fingerprint density at radius 1 is 1.10 bits per heavy atom. The summed E-state index contributed by atoms with van der Waals surface area (Å²) in [7, 11) is -4.17. The largest absolute Gasteiger partial charge is 0.480 e. The highest BCUT2D eigenvalue weighted by atomic mass is 32.2. The van der Waals surface area contributed by atoms with E-state index in [-0.39, 0.29) is 24.0 Å². The molecule has 0 aromatic heterocycles. The minimum Gasteiger partial charge on any atom is -0.480 e. The highest BCUT2D eigenvalue weighted by molar-refractivity contribution is 8.03. The molecule has 0 aliphatic carbocycles. The Morgan fingerprint density at radius 3 is 2.10 bits per heavy atom. The van der Waals surface area contributed by atoms with Gasteiger partial charge in [0.25, 0.3) is 0 Å². The Labute approximate surface area is 174 Å². The van der Waals surface area contributed by atoms with Gasteiger partial charge >= 0.3 is 25.5 Å². The second-order valence-electron chi connectivity index (χ2n) is 5.95. The number of carbonyl (C=O) groups is 3. The summed E-state index contributed by atoms with van der Waals surface area (Å²) < 4.78 is 33.7. The second kappa shape index (κ2) is 12.9. The van der Waals surface area contributed by atoms with Gasteiger partial charge in [0.05, 0.1) is 0 Å². The molecule has 0 amide bonds. The molecule has 29 heavy (non-hydrogen) atoms. The van der Waals surface area contributed by atoms with Crippen LogP contribution in [0.3, 0.4) is 0 Å². The summed E-state index contributed by atoms with van der Waals surface area (Å²) in [5.41, 5.74) is -0.00491. The van der Waals surface area contributed by atoms with Gasteiger partial charge in [-0.3, -0.25) is 23.2 Å². The molecule has 0 spiro atoms. The summed E-state index contributed by atoms with van der Waals surface area (Å²) in [4.78, 5) is 34.8. The third-order valence-electron chi connectivity index (χ3n) is 3.79. The number of hydrogen-bond acceptors (Lipinski definition) is 10. The first-order chi connectivity index (χ1) is 13.8. The Kier molecular flexibility index (Phi) is 11.3. The van der Waals surface area contributed by atoms with Crippen LogP contribution < -0.4 is 5.32 Å². The smallest absolute Gasteiger partial charge is 0.383 e. The van der Waals surface area contributed by atoms with Crippen molar-refractivity contribution in [2.75, 3.05) is 19.3 Å². The molecule has 1 aliphatic rings. The van der Waals surface area contributed by atoms with Crippen LogP contribution in [0.1, 0.15) is 52.9 Å². The van der Waals surface area contributed by atoms with Crippen LogP contribution in [0, 0.1) is 0 Å². The lowest BCUT2D eigenvalue weighted by Gasteiger charge is -2.30. The number of rotatable bonds is 13. The Bertz CT molecular complexity index is 641. The van der Waals surface area contributed by atoms with Crippen molar-refractivity contribution in [3.8, 4) is 0 Å². The van der Waals surface area contributed by atoms with Crippen LogP contribution >= 0.6 is 19.4 Å². The standard InChI is InChI=1S/C17H28NO9PS/c1-4-7-8-13-16(18-12(9-29-13)17(21)22)28(23,26-10-24-14(19)5-2)27-11-25-15(20)6-3/h12,18H,4-11H2,1-3H3,(H,21,22)/t12-/m0/s1. The Hall–Kier alpha value is -1.55. The van der Waals surface area contributed by atoms with Crippen molar-refractivity contribution in [2.24, 2.45) is 0 Å². The molecule has 12 heteroatoms. The minimum absolute atomic E-state index is 0.00491. The maximum Gasteiger partial charge on any atom is 0.383 e. The number of hydrogen-bond donors (Lipinski definition) is 2. The minimum atomic E-state index is -4.17. The van der Waals surface area contributed by atoms with Crippen molar-refractivity contribution in [3.05, 3.63) is 10.3 Å². The summed E-state index contributed by atoms with van der Waals surface area (Å²) in [5, 5.41) is 12.1. The lowest BCUT2D eigenvalue weighted by molar-refractivity contribution is -0.151. The summed E-state index contributed by atoms with van der Waals surface area (Å²) >= 11 is 1.25. The molecule has 0 radical (unpaired) electrons. The number of esters is 2. The number of nitrogens with one attached hydrogen (secondary N) is 1. The molecule has 166 valence electrons. The van der Waals surface area contributed by atoms with Crippen molar-refractivity contribution in [1.29, 1.82) is 0 Å². The third kappa shape index (κ3) is 8.38. The SMILES string of the molecule is CCCCC1=C(P(=O)(OCOC(=O)CC)OCOC(=O)CC)N[C@H](C(=O)O)CS1. The monoisotopic (exact) mass is 453 g/mol. The van der Waals surface area contributed by atoms with Gasteiger partial charge in [0.15, 0.2) is 0 Å². The number of carbonyl (C=O) groups excluding carboxylic acids is 2. The number of carboxylic acids is 1. The van der Waals surface area contributed by atoms with Crippen molar-refractivity contribution in [1.82, 2.24) is 5.32 Å². The molecular weight excluding hydrogens is 425 g/mol. The third-order valence-corrected chi connectivity index (χ3v) is 7.04. The topological polar surface area (TPSA) is 137 Å². The van der Waals surface area contributed by atoms with Crippen molar-refractivity contribution < 1.29 is 42.6 Å². The molecule has 0 saturated heterocycles. The lowest BCUT2D eigenvalue weighted by Crippen LogP contribution is -2.41. The predicted octanol–water partition coefficient (Wildman–Crippen LogP) is 3.18. The van der Waals surface area contributed by atoms with E-state index in [2.05, 4.69) is 5.32 Å². The number of ether oxygens (including phenoxy) is 2. The van der Waals surface area contributed by atoms with Crippen molar-refractivity contribution >= 4 is 37.3 Å². The van der Waals surface area contributed by atoms with Gasteiger partial charge in [0.2, 0.25) is 13.6 Å². The first kappa shape index (κ1) is 25.5. The van der Waals surface area contributed by atoms with E-state index >= 15 is 0 Å². The van der Waals surface area contributed by atoms with Crippen LogP contribution in [-0.4, -0.2) is 48.4 Å². The predicted molar refractivity (Wildman–Crippen MR) is 106 cm³/mol. The lowest BCUT2D eigenvalue weighted by atomic mass is 10.2. The van der Waals surface area contributed by atoms with Gasteiger partial charge in [-0.15, -0.1) is 11.8 Å². The Balaban J connectivity index is 3.11. The van der Waals surface area contributed by atoms with E-state index in [0.717, 1.165) is 12.8 Å². The second-order valence-corrected chi connectivity index (χ2v) is 9.03. The molecule has 0 saturated carbocycles. The zero-order chi connectivity index (χ0) is 21.9. The molecule has 1 aliphatic heterocycles. The fraction of sp³-hybridized carbons (Fsp3) is 0.706. The van der Waals surface area contributed by atoms with Gasteiger partial charge in [0, 0.05) is 23.5 Å². The molecule has 0 fully saturated rings. The van der Waals surface area contributed by atoms with E-state index in [1.54, 1.807) is 13.8 Å². The maximum absolute atomic E-state index is 13.5. The van der Waals surface area contributed by atoms with Gasteiger partial charge in [-0.1, -0.05) is 27.2 Å². The summed E-state index contributed by atoms with van der Waals surface area (Å²) in [6.07, 6.45) is 2.38. The van der Waals surface area contributed by atoms with Crippen LogP contribution in [-0.2, 0) is 37.5 Å². The molecule has 0 aromatic rings. The van der Waals surface area contributed by atoms with E-state index in [4.69, 9.17) is 18.5 Å². The number of aliphatic carboxylic acids is 1. The highest BCUT2D eigenvalue weighted by Crippen LogP contribution is 2.58. The fourth-order valence-corrected chi connectivity index (χ4v) is 5.18. The van der Waals surface area contributed by atoms with E-state index in [1.165, 1.54) is 11.8 Å². The number of unbranched alkanes of at least 4 members (excludes halogenated alkanes) is 1. The molecule has 1 rings (SSSR count). The van der Waals surface area contributed by atoms with Crippen LogP contribution in [0.4, 0.5) is 0 Å². The van der Waals surface area contributed by atoms with Gasteiger partial charge in [-0.05, 0) is 12.8 Å². The van der Waals surface area contributed by atoms with Crippen LogP contribution in [0.15, 0.2) is 10.3 Å². The molecule has 10 nitrogen and oxygen atoms in total. The van der Waals surface area contributed by atoms with Crippen LogP contribution in [0.5, 0.6) is 0 Å². The van der Waals surface area contributed by atoms with Gasteiger partial charge in [0.1, 0.15) is 11.5 Å². The first-order valence-corrected chi connectivity index (χ1v) is 11.9. The maximum atomic E-state index is 13.5. The van der Waals surface area contributed by atoms with E-state index in [1.807, 2.05) is 6.92 Å². The molecule has 2 N–H and O–H groups in total. The zero-order valence-electron chi connectivity index (χ0n) is 16.8. The Morgan fingerprint density at radius 2 is 1.66 bits per heavy atom. The molecule has 0 unspecified atom stereocenters. The normalized spacial score (nSPS) is 16.9. The van der Waals surface area contributed by atoms with Crippen molar-refractivity contribution in [3.63, 3.8) is 0 Å². The summed E-state index contributed by atoms with van der Waals surface area (Å²) in [5.74, 6) is -2.01. The number of thioether (sulfide) groups is 1. The number of carboxylic acid groups (broad SMARTS) is 1. The van der Waals surface area contributed by atoms with Crippen molar-refractivity contribution in [2.45, 2.75) is 58.9 Å². The first-order valence-electron chi connectivity index (χ1n) is 9.33. The zero-order valence-corrected chi connectivity index (χ0v) is 18.5. The fourth-order valence-electron chi connectivity index (χ4n) is 2.13. The summed E-state index contributed by atoms with van der Waals surface area (Å²) in [6.45, 7) is 3.86.